The third kappa shape index (κ3) is 4.53. The maximum absolute atomic E-state index is 12.6. The zero-order valence-corrected chi connectivity index (χ0v) is 15.8. The number of ether oxygens (including phenoxy) is 1. The molecule has 0 N–H and O–H groups in total. The lowest BCUT2D eigenvalue weighted by Gasteiger charge is -2.19. The molecule has 0 radical (unpaired) electrons. The molecule has 0 bridgehead atoms. The van der Waals surface area contributed by atoms with Crippen LogP contribution in [0.5, 0.6) is 0 Å². The summed E-state index contributed by atoms with van der Waals surface area (Å²) in [6.45, 7) is 8.18. The number of hydrogen-bond donors (Lipinski definition) is 0. The van der Waals surface area contributed by atoms with Gasteiger partial charge in [0.05, 0.1) is 5.56 Å². The maximum Gasteiger partial charge on any atom is 0.338 e. The van der Waals surface area contributed by atoms with Crippen LogP contribution in [0.3, 0.4) is 0 Å². The van der Waals surface area contributed by atoms with Gasteiger partial charge in [-0.3, -0.25) is 0 Å². The second kappa shape index (κ2) is 8.50. The van der Waals surface area contributed by atoms with Crippen molar-refractivity contribution in [3.8, 4) is 11.1 Å². The van der Waals surface area contributed by atoms with Crippen molar-refractivity contribution in [3.05, 3.63) is 102 Å². The Kier molecular flexibility index (Phi) is 5.87. The number of benzene rings is 3. The van der Waals surface area contributed by atoms with Gasteiger partial charge in [0.1, 0.15) is 6.10 Å². The highest BCUT2D eigenvalue weighted by Crippen LogP contribution is 2.24. The van der Waals surface area contributed by atoms with Crippen molar-refractivity contribution in [2.24, 2.45) is 0 Å². The van der Waals surface area contributed by atoms with E-state index >= 15 is 0 Å². The van der Waals surface area contributed by atoms with Crippen LogP contribution >= 0.6 is 0 Å². The Balaban J connectivity index is 1.71. The van der Waals surface area contributed by atoms with Crippen LogP contribution < -0.4 is 0 Å². The van der Waals surface area contributed by atoms with E-state index < -0.39 is 0 Å². The van der Waals surface area contributed by atoms with E-state index in [1.54, 1.807) is 0 Å². The molecule has 0 aliphatic heterocycles. The summed E-state index contributed by atoms with van der Waals surface area (Å²) >= 11 is 0. The Bertz CT molecular complexity index is 907. The van der Waals surface area contributed by atoms with Gasteiger partial charge in [0.25, 0.3) is 0 Å². The van der Waals surface area contributed by atoms with Gasteiger partial charge in [0.2, 0.25) is 0 Å². The molecule has 27 heavy (non-hydrogen) atoms. The fraction of sp³-hybridized carbons (Fsp3) is 0.160. The second-order valence-electron chi connectivity index (χ2n) is 6.64. The summed E-state index contributed by atoms with van der Waals surface area (Å²) in [4.78, 5) is 12.6. The summed E-state index contributed by atoms with van der Waals surface area (Å²) in [5.74, 6) is -0.325. The van der Waals surface area contributed by atoms with Gasteiger partial charge >= 0.3 is 5.97 Å². The molecule has 136 valence electrons. The highest BCUT2D eigenvalue weighted by molar-refractivity contribution is 5.91. The monoisotopic (exact) mass is 356 g/mol. The van der Waals surface area contributed by atoms with Gasteiger partial charge in [-0.1, -0.05) is 85.8 Å². The Morgan fingerprint density at radius 2 is 1.41 bits per heavy atom. The van der Waals surface area contributed by atoms with Crippen LogP contribution in [-0.2, 0) is 4.74 Å². The smallest absolute Gasteiger partial charge is 0.338 e. The van der Waals surface area contributed by atoms with Crippen LogP contribution in [0, 0.1) is 6.92 Å². The maximum atomic E-state index is 12.6. The molecule has 0 spiro atoms. The highest BCUT2D eigenvalue weighted by atomic mass is 16.5. The molecule has 2 nitrogen and oxygen atoms in total. The summed E-state index contributed by atoms with van der Waals surface area (Å²) in [5.41, 5.74) is 5.79. The largest absolute Gasteiger partial charge is 0.454 e. The van der Waals surface area contributed by atoms with Gasteiger partial charge in [-0.2, -0.15) is 0 Å². The third-order valence-corrected chi connectivity index (χ3v) is 4.66. The molecule has 3 aromatic carbocycles. The fourth-order valence-electron chi connectivity index (χ4n) is 2.98. The molecule has 0 aliphatic carbocycles. The molecule has 3 aromatic rings. The van der Waals surface area contributed by atoms with Gasteiger partial charge in [0, 0.05) is 0 Å². The van der Waals surface area contributed by atoms with E-state index in [-0.39, 0.29) is 12.1 Å². The van der Waals surface area contributed by atoms with Crippen molar-refractivity contribution in [2.75, 3.05) is 0 Å². The minimum Gasteiger partial charge on any atom is -0.454 e. The number of esters is 1. The van der Waals surface area contributed by atoms with Crippen LogP contribution in [0.4, 0.5) is 0 Å². The van der Waals surface area contributed by atoms with E-state index in [2.05, 4.69) is 37.8 Å². The normalized spacial score (nSPS) is 11.6. The van der Waals surface area contributed by atoms with Crippen LogP contribution in [-0.4, -0.2) is 12.1 Å². The summed E-state index contributed by atoms with van der Waals surface area (Å²) in [6.07, 6.45) is 0.345. The number of carbonyl (C=O) groups excluding carboxylic acids is 1. The Morgan fingerprint density at radius 1 is 0.852 bits per heavy atom. The Hall–Kier alpha value is -3.13. The summed E-state index contributed by atoms with van der Waals surface area (Å²) in [6, 6.07) is 25.7. The average Bonchev–Trinajstić information content (AvgIpc) is 2.72. The first kappa shape index (κ1) is 18.7. The molecule has 0 heterocycles. The van der Waals surface area contributed by atoms with E-state index in [0.717, 1.165) is 22.3 Å². The molecule has 1 unspecified atom stereocenters. The molecular formula is C25H24O2. The first-order chi connectivity index (χ1) is 13.1. The molecule has 3 rings (SSSR count). The topological polar surface area (TPSA) is 26.3 Å². The van der Waals surface area contributed by atoms with Crippen molar-refractivity contribution in [1.82, 2.24) is 0 Å². The zero-order chi connectivity index (χ0) is 19.2. The predicted octanol–water partition coefficient (Wildman–Crippen LogP) is 6.31. The number of hydrogen-bond acceptors (Lipinski definition) is 2. The fourth-order valence-corrected chi connectivity index (χ4v) is 2.98. The summed E-state index contributed by atoms with van der Waals surface area (Å²) in [7, 11) is 0. The van der Waals surface area contributed by atoms with Crippen molar-refractivity contribution in [1.29, 1.82) is 0 Å². The Morgan fingerprint density at radius 3 is 1.96 bits per heavy atom. The average molecular weight is 356 g/mol. The molecule has 0 saturated carbocycles. The van der Waals surface area contributed by atoms with E-state index in [0.29, 0.717) is 12.0 Å². The molecule has 1 atom stereocenters. The molecule has 0 saturated heterocycles. The first-order valence-electron chi connectivity index (χ1n) is 9.20. The van der Waals surface area contributed by atoms with Crippen molar-refractivity contribution in [3.63, 3.8) is 0 Å². The van der Waals surface area contributed by atoms with E-state index in [1.807, 2.05) is 61.5 Å². The van der Waals surface area contributed by atoms with Gasteiger partial charge in [0.15, 0.2) is 0 Å². The molecule has 2 heteroatoms. The molecular weight excluding hydrogens is 332 g/mol. The van der Waals surface area contributed by atoms with E-state index in [1.165, 1.54) is 5.56 Å². The first-order valence-corrected chi connectivity index (χ1v) is 9.20. The summed E-state index contributed by atoms with van der Waals surface area (Å²) in [5, 5.41) is 0. The minimum atomic E-state index is -0.336. The zero-order valence-electron chi connectivity index (χ0n) is 15.8. The lowest BCUT2D eigenvalue weighted by molar-refractivity contribution is 0.0405. The van der Waals surface area contributed by atoms with E-state index in [4.69, 9.17) is 4.74 Å². The van der Waals surface area contributed by atoms with E-state index in [9.17, 15) is 4.79 Å². The Labute approximate surface area is 161 Å². The lowest BCUT2D eigenvalue weighted by Crippen LogP contribution is -2.18. The van der Waals surface area contributed by atoms with Crippen LogP contribution in [0.1, 0.15) is 34.8 Å². The highest BCUT2D eigenvalue weighted by Gasteiger charge is 2.18. The van der Waals surface area contributed by atoms with Crippen LogP contribution in [0.25, 0.3) is 16.7 Å². The molecule has 0 aromatic heterocycles. The van der Waals surface area contributed by atoms with Gasteiger partial charge in [-0.15, -0.1) is 0 Å². The number of rotatable bonds is 6. The lowest BCUT2D eigenvalue weighted by atomic mass is 10.0. The number of carbonyl (C=O) groups is 1. The third-order valence-electron chi connectivity index (χ3n) is 4.66. The number of aryl methyl sites for hydroxylation is 1. The van der Waals surface area contributed by atoms with Crippen LogP contribution in [0.15, 0.2) is 85.4 Å². The van der Waals surface area contributed by atoms with Gasteiger partial charge < -0.3 is 4.74 Å². The predicted molar refractivity (Wildman–Crippen MR) is 112 cm³/mol. The van der Waals surface area contributed by atoms with Crippen LogP contribution in [0.2, 0.25) is 0 Å². The molecule has 0 amide bonds. The molecule has 0 aliphatic rings. The van der Waals surface area contributed by atoms with Crippen molar-refractivity contribution in [2.45, 2.75) is 26.4 Å². The minimum absolute atomic E-state index is 0.325. The summed E-state index contributed by atoms with van der Waals surface area (Å²) < 4.78 is 5.72. The van der Waals surface area contributed by atoms with Gasteiger partial charge in [-0.05, 0) is 47.7 Å². The van der Waals surface area contributed by atoms with Gasteiger partial charge in [-0.25, -0.2) is 4.79 Å². The quantitative estimate of drug-likeness (QED) is 0.484. The molecule has 0 fully saturated rings. The van der Waals surface area contributed by atoms with Crippen molar-refractivity contribution < 1.29 is 9.53 Å². The SMILES string of the molecule is C=C(c1ccccc1)C(CC)OC(=O)c1ccc(-c2ccc(C)cc2)cc1. The second-order valence-corrected chi connectivity index (χ2v) is 6.64. The van der Waals surface area contributed by atoms with Crippen molar-refractivity contribution >= 4 is 11.5 Å². The standard InChI is InChI=1S/C25H24O2/c1-4-24(19(3)20-8-6-5-7-9-20)27-25(26)23-16-14-22(15-17-23)21-12-10-18(2)11-13-21/h5-17,24H,3-4H2,1-2H3.